The van der Waals surface area contributed by atoms with Crippen LogP contribution in [0, 0.1) is 0 Å². The van der Waals surface area contributed by atoms with Crippen molar-refractivity contribution in [2.45, 2.75) is 26.3 Å². The number of ether oxygens (including phenoxy) is 1. The van der Waals surface area contributed by atoms with Gasteiger partial charge in [-0.15, -0.1) is 0 Å². The summed E-state index contributed by atoms with van der Waals surface area (Å²) >= 11 is 5.91. The van der Waals surface area contributed by atoms with Gasteiger partial charge >= 0.3 is 12.1 Å². The summed E-state index contributed by atoms with van der Waals surface area (Å²) in [5.74, 6) is 0. The summed E-state index contributed by atoms with van der Waals surface area (Å²) in [6.07, 6.45) is -0.518. The van der Waals surface area contributed by atoms with Crippen molar-refractivity contribution in [2.24, 2.45) is 0 Å². The molecule has 3 N–H and O–H groups in total. The zero-order chi connectivity index (χ0) is 15.9. The molecule has 0 radical (unpaired) electrons. The van der Waals surface area contributed by atoms with Crippen molar-refractivity contribution in [3.63, 3.8) is 0 Å². The Balaban J connectivity index is 2.23. The molecular weight excluding hydrogens is 294 g/mol. The van der Waals surface area contributed by atoms with Gasteiger partial charge < -0.3 is 20.7 Å². The van der Waals surface area contributed by atoms with Crippen LogP contribution >= 0.6 is 11.6 Å². The number of carbonyl (C=O) groups is 2. The molecule has 0 aromatic heterocycles. The van der Waals surface area contributed by atoms with E-state index in [0.717, 1.165) is 0 Å². The Hall–Kier alpha value is -1.95. The normalized spacial score (nSPS) is 10.7. The molecule has 0 bridgehead atoms. The molecule has 1 aromatic carbocycles. The number of nitrogens with one attached hydrogen (secondary N) is 3. The van der Waals surface area contributed by atoms with Gasteiger partial charge in [-0.1, -0.05) is 23.7 Å². The monoisotopic (exact) mass is 313 g/mol. The number of halogens is 1. The van der Waals surface area contributed by atoms with Gasteiger partial charge in [0.2, 0.25) is 0 Å². The average molecular weight is 314 g/mol. The summed E-state index contributed by atoms with van der Waals surface area (Å²) < 4.78 is 4.92. The van der Waals surface area contributed by atoms with E-state index in [-0.39, 0.29) is 18.7 Å². The predicted molar refractivity (Wildman–Crippen MR) is 82.7 cm³/mol. The minimum atomic E-state index is -0.518. The zero-order valence-corrected chi connectivity index (χ0v) is 13.1. The predicted octanol–water partition coefficient (Wildman–Crippen LogP) is 2.99. The van der Waals surface area contributed by atoms with Crippen LogP contribution in [-0.2, 0) is 4.74 Å². The molecule has 0 saturated carbocycles. The van der Waals surface area contributed by atoms with E-state index in [2.05, 4.69) is 16.0 Å². The minimum Gasteiger partial charge on any atom is -0.448 e. The van der Waals surface area contributed by atoms with Crippen LogP contribution in [0.3, 0.4) is 0 Å². The van der Waals surface area contributed by atoms with Gasteiger partial charge in [-0.25, -0.2) is 9.59 Å². The first-order valence-corrected chi connectivity index (χ1v) is 6.90. The first-order chi connectivity index (χ1) is 9.78. The molecule has 0 fully saturated rings. The Kier molecular flexibility index (Phi) is 6.30. The molecule has 0 spiro atoms. The summed E-state index contributed by atoms with van der Waals surface area (Å²) in [7, 11) is 0. The molecule has 0 saturated heterocycles. The fraction of sp³-hybridized carbons (Fsp3) is 0.429. The van der Waals surface area contributed by atoms with Crippen LogP contribution in [0.4, 0.5) is 15.3 Å². The summed E-state index contributed by atoms with van der Waals surface area (Å²) in [6.45, 7) is 5.84. The number of rotatable bonds is 4. The zero-order valence-electron chi connectivity index (χ0n) is 12.3. The number of urea groups is 1. The highest BCUT2D eigenvalue weighted by Gasteiger charge is 2.14. The highest BCUT2D eigenvalue weighted by molar-refractivity contribution is 6.33. The van der Waals surface area contributed by atoms with E-state index >= 15 is 0 Å². The fourth-order valence-corrected chi connectivity index (χ4v) is 1.56. The van der Waals surface area contributed by atoms with E-state index in [1.165, 1.54) is 0 Å². The number of anilines is 1. The van der Waals surface area contributed by atoms with Gasteiger partial charge in [-0.3, -0.25) is 0 Å². The molecule has 3 amide bonds. The van der Waals surface area contributed by atoms with Crippen molar-refractivity contribution in [2.75, 3.05) is 18.5 Å². The minimum absolute atomic E-state index is 0.0812. The second-order valence-electron chi connectivity index (χ2n) is 5.37. The number of carbonyl (C=O) groups excluding carboxylic acids is 2. The standard InChI is InChI=1S/C14H20ClN3O3/c1-14(2,3)18-13(20)21-9-8-16-12(19)17-11-7-5-4-6-10(11)15/h4-7H,8-9H2,1-3H3,(H,18,20)(H2,16,17,19). The molecule has 6 nitrogen and oxygen atoms in total. The van der Waals surface area contributed by atoms with Gasteiger partial charge in [0.1, 0.15) is 6.61 Å². The molecule has 0 aliphatic carbocycles. The molecule has 7 heteroatoms. The Morgan fingerprint density at radius 1 is 1.24 bits per heavy atom. The number of alkyl carbamates (subject to hydrolysis) is 1. The third-order valence-corrected chi connectivity index (χ3v) is 2.55. The largest absolute Gasteiger partial charge is 0.448 e. The van der Waals surface area contributed by atoms with E-state index in [1.807, 2.05) is 20.8 Å². The molecule has 1 rings (SSSR count). The second kappa shape index (κ2) is 7.73. The topological polar surface area (TPSA) is 79.5 Å². The molecule has 0 aliphatic heterocycles. The van der Waals surface area contributed by atoms with Crippen molar-refractivity contribution in [3.05, 3.63) is 29.3 Å². The molecule has 0 atom stereocenters. The second-order valence-corrected chi connectivity index (χ2v) is 5.78. The van der Waals surface area contributed by atoms with Crippen molar-refractivity contribution < 1.29 is 14.3 Å². The van der Waals surface area contributed by atoms with Crippen LogP contribution < -0.4 is 16.0 Å². The lowest BCUT2D eigenvalue weighted by Crippen LogP contribution is -2.42. The van der Waals surface area contributed by atoms with E-state index in [0.29, 0.717) is 10.7 Å². The van der Waals surface area contributed by atoms with Gasteiger partial charge in [0.05, 0.1) is 17.3 Å². The molecule has 0 heterocycles. The summed E-state index contributed by atoms with van der Waals surface area (Å²) in [5.41, 5.74) is 0.162. The highest BCUT2D eigenvalue weighted by atomic mass is 35.5. The fourth-order valence-electron chi connectivity index (χ4n) is 1.38. The van der Waals surface area contributed by atoms with Gasteiger partial charge in [0.15, 0.2) is 0 Å². The third-order valence-electron chi connectivity index (χ3n) is 2.22. The third kappa shape index (κ3) is 7.41. The van der Waals surface area contributed by atoms with Crippen molar-refractivity contribution in [1.82, 2.24) is 10.6 Å². The lowest BCUT2D eigenvalue weighted by atomic mass is 10.1. The summed E-state index contributed by atoms with van der Waals surface area (Å²) in [5, 5.41) is 8.26. The van der Waals surface area contributed by atoms with Crippen molar-refractivity contribution >= 4 is 29.4 Å². The van der Waals surface area contributed by atoms with Gasteiger partial charge in [-0.05, 0) is 32.9 Å². The maximum Gasteiger partial charge on any atom is 0.407 e. The van der Waals surface area contributed by atoms with Crippen LogP contribution in [0.1, 0.15) is 20.8 Å². The molecule has 21 heavy (non-hydrogen) atoms. The molecular formula is C14H20ClN3O3. The number of hydrogen-bond acceptors (Lipinski definition) is 3. The van der Waals surface area contributed by atoms with Crippen LogP contribution in [0.25, 0.3) is 0 Å². The SMILES string of the molecule is CC(C)(C)NC(=O)OCCNC(=O)Nc1ccccc1Cl. The molecule has 0 unspecified atom stereocenters. The molecule has 0 aliphatic rings. The number of hydrogen-bond donors (Lipinski definition) is 3. The van der Waals surface area contributed by atoms with Crippen LogP contribution in [0.15, 0.2) is 24.3 Å². The highest BCUT2D eigenvalue weighted by Crippen LogP contribution is 2.19. The van der Waals surface area contributed by atoms with E-state index < -0.39 is 12.1 Å². The maximum absolute atomic E-state index is 11.6. The average Bonchev–Trinajstić information content (AvgIpc) is 2.35. The smallest absolute Gasteiger partial charge is 0.407 e. The van der Waals surface area contributed by atoms with Crippen molar-refractivity contribution in [3.8, 4) is 0 Å². The van der Waals surface area contributed by atoms with Crippen molar-refractivity contribution in [1.29, 1.82) is 0 Å². The van der Waals surface area contributed by atoms with E-state index in [4.69, 9.17) is 16.3 Å². The molecule has 1 aromatic rings. The Morgan fingerprint density at radius 3 is 2.52 bits per heavy atom. The van der Waals surface area contributed by atoms with Crippen LogP contribution in [0.2, 0.25) is 5.02 Å². The van der Waals surface area contributed by atoms with Gasteiger partial charge in [0.25, 0.3) is 0 Å². The number of benzene rings is 1. The van der Waals surface area contributed by atoms with Gasteiger partial charge in [0, 0.05) is 5.54 Å². The maximum atomic E-state index is 11.6. The van der Waals surface area contributed by atoms with Crippen LogP contribution in [-0.4, -0.2) is 30.8 Å². The first-order valence-electron chi connectivity index (χ1n) is 6.52. The quantitative estimate of drug-likeness (QED) is 0.748. The van der Waals surface area contributed by atoms with E-state index in [1.54, 1.807) is 24.3 Å². The summed E-state index contributed by atoms with van der Waals surface area (Å²) in [4.78, 5) is 23.0. The molecule has 116 valence electrons. The first kappa shape index (κ1) is 17.1. The lowest BCUT2D eigenvalue weighted by Gasteiger charge is -2.19. The van der Waals surface area contributed by atoms with E-state index in [9.17, 15) is 9.59 Å². The lowest BCUT2D eigenvalue weighted by molar-refractivity contribution is 0.138. The Labute approximate surface area is 129 Å². The number of amides is 3. The Bertz CT molecular complexity index is 500. The number of para-hydroxylation sites is 1. The van der Waals surface area contributed by atoms with Gasteiger partial charge in [-0.2, -0.15) is 0 Å². The Morgan fingerprint density at radius 2 is 1.90 bits per heavy atom. The van der Waals surface area contributed by atoms with Crippen LogP contribution in [0.5, 0.6) is 0 Å². The summed E-state index contributed by atoms with van der Waals surface area (Å²) in [6, 6.07) is 6.49.